The molecule has 0 spiro atoms. The number of aromatic nitrogens is 1. The van der Waals surface area contributed by atoms with E-state index >= 15 is 0 Å². The third kappa shape index (κ3) is 4.16. The maximum absolute atomic E-state index is 11.4. The van der Waals surface area contributed by atoms with E-state index in [1.165, 1.54) is 23.3 Å². The maximum atomic E-state index is 11.4. The number of aliphatic imine (C=N–C) groups is 1. The maximum Gasteiger partial charge on any atom is 0.270 e. The van der Waals surface area contributed by atoms with Crippen LogP contribution in [0, 0.1) is 10.1 Å². The smallest absolute Gasteiger partial charge is 0.270 e. The number of aromatic hydroxyl groups is 1. The molecule has 0 unspecified atom stereocenters. The largest absolute Gasteiger partial charge is 0.494 e. The second-order valence-electron chi connectivity index (χ2n) is 8.41. The normalized spacial score (nSPS) is 13.7. The number of nitrogens with one attached hydrogen (secondary N) is 2. The zero-order chi connectivity index (χ0) is 23.7. The Morgan fingerprint density at radius 2 is 1.91 bits per heavy atom. The topological polar surface area (TPSA) is 130 Å². The number of fused-ring (bicyclic) bond motifs is 2. The summed E-state index contributed by atoms with van der Waals surface area (Å²) in [7, 11) is 0. The zero-order valence-corrected chi connectivity index (χ0v) is 18.5. The molecule has 1 aliphatic heterocycles. The first-order valence-corrected chi connectivity index (χ1v) is 11.2. The van der Waals surface area contributed by atoms with Crippen molar-refractivity contribution in [3.63, 3.8) is 0 Å². The Morgan fingerprint density at radius 1 is 1.09 bits per heavy atom. The lowest BCUT2D eigenvalue weighted by molar-refractivity contribution is -0.384. The molecule has 0 radical (unpaired) electrons. The first-order valence-electron chi connectivity index (χ1n) is 11.2. The first kappa shape index (κ1) is 21.8. The van der Waals surface area contributed by atoms with Crippen molar-refractivity contribution >= 4 is 28.0 Å². The summed E-state index contributed by atoms with van der Waals surface area (Å²) < 4.78 is 0. The van der Waals surface area contributed by atoms with Gasteiger partial charge in [-0.3, -0.25) is 10.1 Å². The minimum Gasteiger partial charge on any atom is -0.494 e. The molecule has 172 valence electrons. The summed E-state index contributed by atoms with van der Waals surface area (Å²) in [6.07, 6.45) is 1.68. The third-order valence-corrected chi connectivity index (χ3v) is 6.19. The molecule has 8 nitrogen and oxygen atoms in total. The molecule has 34 heavy (non-hydrogen) atoms. The summed E-state index contributed by atoms with van der Waals surface area (Å²) in [5.41, 5.74) is 12.4. The van der Waals surface area contributed by atoms with Gasteiger partial charge in [0.1, 0.15) is 0 Å². The van der Waals surface area contributed by atoms with E-state index in [-0.39, 0.29) is 11.6 Å². The highest BCUT2D eigenvalue weighted by Crippen LogP contribution is 2.34. The second-order valence-corrected chi connectivity index (χ2v) is 8.41. The average Bonchev–Trinajstić information content (AvgIpc) is 3.18. The van der Waals surface area contributed by atoms with Crippen LogP contribution in [0.15, 0.2) is 65.7 Å². The Kier molecular flexibility index (Phi) is 5.83. The number of aromatic amines is 1. The van der Waals surface area contributed by atoms with Crippen molar-refractivity contribution in [1.82, 2.24) is 10.3 Å². The molecule has 2 heterocycles. The van der Waals surface area contributed by atoms with Crippen molar-refractivity contribution < 1.29 is 10.0 Å². The lowest BCUT2D eigenvalue weighted by atomic mass is 9.98. The Balaban J connectivity index is 1.70. The van der Waals surface area contributed by atoms with Gasteiger partial charge in [0.05, 0.1) is 21.9 Å². The highest BCUT2D eigenvalue weighted by molar-refractivity contribution is 6.22. The van der Waals surface area contributed by atoms with Crippen LogP contribution in [0.25, 0.3) is 10.9 Å². The Bertz CT molecular complexity index is 1410. The van der Waals surface area contributed by atoms with Gasteiger partial charge in [-0.2, -0.15) is 0 Å². The van der Waals surface area contributed by atoms with Crippen LogP contribution < -0.4 is 11.1 Å². The van der Waals surface area contributed by atoms with E-state index in [1.54, 1.807) is 6.07 Å². The van der Waals surface area contributed by atoms with Crippen molar-refractivity contribution in [3.8, 4) is 5.88 Å². The number of non-ortho nitro benzene ring substituents is 1. The Labute approximate surface area is 196 Å². The molecule has 0 atom stereocenters. The molecule has 4 aromatic rings. The van der Waals surface area contributed by atoms with Gasteiger partial charge < -0.3 is 21.1 Å². The van der Waals surface area contributed by atoms with Gasteiger partial charge in [-0.25, -0.2) is 4.99 Å². The number of rotatable bonds is 6. The third-order valence-electron chi connectivity index (χ3n) is 6.19. The summed E-state index contributed by atoms with van der Waals surface area (Å²) in [6, 6.07) is 18.5. The quantitative estimate of drug-likeness (QED) is 0.198. The minimum atomic E-state index is -0.441. The highest BCUT2D eigenvalue weighted by atomic mass is 16.6. The molecule has 0 saturated carbocycles. The van der Waals surface area contributed by atoms with Crippen molar-refractivity contribution in [3.05, 3.63) is 98.6 Å². The molecule has 5 N–H and O–H groups in total. The van der Waals surface area contributed by atoms with Crippen molar-refractivity contribution in [1.29, 1.82) is 0 Å². The van der Waals surface area contributed by atoms with Gasteiger partial charge in [0.25, 0.3) is 5.69 Å². The molecule has 0 bridgehead atoms. The van der Waals surface area contributed by atoms with Crippen LogP contribution in [0.5, 0.6) is 5.88 Å². The summed E-state index contributed by atoms with van der Waals surface area (Å²) in [5.74, 6) is -0.0811. The predicted molar refractivity (Wildman–Crippen MR) is 133 cm³/mol. The van der Waals surface area contributed by atoms with Crippen LogP contribution in [0.4, 0.5) is 11.4 Å². The van der Waals surface area contributed by atoms with E-state index in [4.69, 9.17) is 10.7 Å². The van der Waals surface area contributed by atoms with Crippen LogP contribution in [0.3, 0.4) is 0 Å². The van der Waals surface area contributed by atoms with Crippen molar-refractivity contribution in [2.75, 3.05) is 13.1 Å². The number of hydrogen-bond acceptors (Lipinski definition) is 6. The molecule has 8 heteroatoms. The van der Waals surface area contributed by atoms with E-state index in [9.17, 15) is 15.2 Å². The van der Waals surface area contributed by atoms with E-state index in [0.717, 1.165) is 42.7 Å². The molecule has 0 saturated heterocycles. The van der Waals surface area contributed by atoms with Crippen LogP contribution in [-0.4, -0.2) is 33.8 Å². The summed E-state index contributed by atoms with van der Waals surface area (Å²) >= 11 is 0. The van der Waals surface area contributed by atoms with Crippen molar-refractivity contribution in [2.24, 2.45) is 10.7 Å². The fraction of sp³-hybridized carbons (Fsp3) is 0.192. The highest BCUT2D eigenvalue weighted by Gasteiger charge is 2.21. The van der Waals surface area contributed by atoms with Gasteiger partial charge in [0.2, 0.25) is 0 Å². The lowest BCUT2D eigenvalue weighted by Crippen LogP contribution is -2.23. The summed E-state index contributed by atoms with van der Waals surface area (Å²) in [6.45, 7) is 2.31. The standard InChI is InChI=1S/C26H25N5O3/c27-11-9-16-1-3-17(4-2-16)25(29-20-6-5-19-15-28-12-10-18(19)13-20)24-22-14-21(31(33)34)7-8-23(22)30-26(24)32/h1-8,13-14,28,30,32H,9-12,15,27H2. The molecular formula is C26H25N5O3. The minimum absolute atomic E-state index is 0.0494. The van der Waals surface area contributed by atoms with Crippen LogP contribution in [-0.2, 0) is 19.4 Å². The molecule has 0 aliphatic carbocycles. The summed E-state index contributed by atoms with van der Waals surface area (Å²) in [5, 5.41) is 26.2. The van der Waals surface area contributed by atoms with E-state index in [0.29, 0.717) is 28.7 Å². The molecule has 1 aromatic heterocycles. The predicted octanol–water partition coefficient (Wildman–Crippen LogP) is 4.10. The fourth-order valence-corrected chi connectivity index (χ4v) is 4.44. The average molecular weight is 456 g/mol. The van der Waals surface area contributed by atoms with E-state index < -0.39 is 4.92 Å². The van der Waals surface area contributed by atoms with Crippen molar-refractivity contribution in [2.45, 2.75) is 19.4 Å². The van der Waals surface area contributed by atoms with Crippen LogP contribution in [0.2, 0.25) is 0 Å². The summed E-state index contributed by atoms with van der Waals surface area (Å²) in [4.78, 5) is 18.9. The van der Waals surface area contributed by atoms with Gasteiger partial charge in [-0.05, 0) is 60.8 Å². The molecule has 3 aromatic carbocycles. The van der Waals surface area contributed by atoms with Crippen LogP contribution >= 0.6 is 0 Å². The second kappa shape index (κ2) is 9.09. The van der Waals surface area contributed by atoms with Gasteiger partial charge in [-0.15, -0.1) is 0 Å². The van der Waals surface area contributed by atoms with E-state index in [2.05, 4.69) is 22.4 Å². The number of nitro benzene ring substituents is 1. The number of nitrogens with two attached hydrogens (primary N) is 1. The number of benzene rings is 3. The number of nitrogens with zero attached hydrogens (tertiary/aromatic N) is 2. The zero-order valence-electron chi connectivity index (χ0n) is 18.5. The van der Waals surface area contributed by atoms with Gasteiger partial charge in [-0.1, -0.05) is 30.3 Å². The monoisotopic (exact) mass is 455 g/mol. The molecule has 0 fully saturated rings. The van der Waals surface area contributed by atoms with Gasteiger partial charge >= 0.3 is 0 Å². The Morgan fingerprint density at radius 3 is 2.68 bits per heavy atom. The number of hydrogen-bond donors (Lipinski definition) is 4. The molecule has 1 aliphatic rings. The first-order chi connectivity index (χ1) is 16.5. The van der Waals surface area contributed by atoms with Gasteiger partial charge in [0.15, 0.2) is 5.88 Å². The fourth-order valence-electron chi connectivity index (χ4n) is 4.44. The molecular weight excluding hydrogens is 430 g/mol. The van der Waals surface area contributed by atoms with Gasteiger partial charge in [0, 0.05) is 35.1 Å². The Hall–Kier alpha value is -4.01. The molecule has 0 amide bonds. The lowest BCUT2D eigenvalue weighted by Gasteiger charge is -2.17. The van der Waals surface area contributed by atoms with Crippen LogP contribution in [0.1, 0.15) is 27.8 Å². The molecule has 5 rings (SSSR count). The number of nitro groups is 1. The van der Waals surface area contributed by atoms with E-state index in [1.807, 2.05) is 30.3 Å². The SMILES string of the molecule is NCCc1ccc(C(=Nc2ccc3c(c2)CCNC3)c2c(O)[nH]c3ccc([N+](=O)[O-])cc23)cc1. The number of H-pyrrole nitrogens is 1.